The van der Waals surface area contributed by atoms with E-state index in [0.29, 0.717) is 5.84 Å². The molecule has 2 aliphatic rings. The van der Waals surface area contributed by atoms with Crippen LogP contribution in [0, 0.1) is 0 Å². The third-order valence-electron chi connectivity index (χ3n) is 10.3. The second-order valence-electron chi connectivity index (χ2n) is 13.3. The summed E-state index contributed by atoms with van der Waals surface area (Å²) in [6.07, 6.45) is 6.47. The largest absolute Gasteiger partial charge is 0.455 e. The molecule has 0 amide bonds. The van der Waals surface area contributed by atoms with Crippen molar-refractivity contribution in [2.45, 2.75) is 19.0 Å². The number of amidine groups is 2. The van der Waals surface area contributed by atoms with Crippen molar-refractivity contribution in [2.75, 3.05) is 0 Å². The van der Waals surface area contributed by atoms with E-state index in [1.165, 1.54) is 42.3 Å². The van der Waals surface area contributed by atoms with Gasteiger partial charge in [-0.15, -0.1) is 11.3 Å². The summed E-state index contributed by atoms with van der Waals surface area (Å²) in [4.78, 5) is 11.9. The molecule has 6 aromatic carbocycles. The first-order valence-electron chi connectivity index (χ1n) is 17.4. The van der Waals surface area contributed by atoms with Gasteiger partial charge >= 0.3 is 0 Å². The molecule has 9 aromatic rings. The zero-order valence-corrected chi connectivity index (χ0v) is 28.3. The lowest BCUT2D eigenvalue weighted by molar-refractivity contribution is 0.663. The van der Waals surface area contributed by atoms with Crippen molar-refractivity contribution in [3.8, 4) is 5.69 Å². The molecule has 4 heterocycles. The van der Waals surface area contributed by atoms with Crippen LogP contribution in [0.25, 0.3) is 65.6 Å². The predicted molar refractivity (Wildman–Crippen MR) is 213 cm³/mol. The van der Waals surface area contributed by atoms with Gasteiger partial charge in [-0.3, -0.25) is 0 Å². The molecule has 0 saturated heterocycles. The number of allylic oxidation sites excluding steroid dienone is 1. The topological polar surface area (TPSA) is 54.8 Å². The minimum atomic E-state index is -0.312. The highest BCUT2D eigenvalue weighted by Crippen LogP contribution is 2.39. The normalized spacial score (nSPS) is 15.8. The van der Waals surface area contributed by atoms with Gasteiger partial charge in [0.1, 0.15) is 23.2 Å². The number of furan rings is 1. The van der Waals surface area contributed by atoms with E-state index < -0.39 is 0 Å². The fourth-order valence-corrected chi connectivity index (χ4v) is 9.18. The van der Waals surface area contributed by atoms with Gasteiger partial charge < -0.3 is 14.3 Å². The predicted octanol–water partition coefficient (Wildman–Crippen LogP) is 11.4. The second kappa shape index (κ2) is 11.1. The molecule has 1 atom stereocenters. The number of aliphatic imine (C=N–C) groups is 2. The van der Waals surface area contributed by atoms with E-state index in [0.717, 1.165) is 63.0 Å². The van der Waals surface area contributed by atoms with E-state index in [9.17, 15) is 0 Å². The quantitative estimate of drug-likeness (QED) is 0.202. The van der Waals surface area contributed by atoms with Gasteiger partial charge in [-0.25, -0.2) is 9.98 Å². The molecular weight excluding hydrogens is 645 g/mol. The summed E-state index contributed by atoms with van der Waals surface area (Å²) >= 11 is 1.90. The van der Waals surface area contributed by atoms with Crippen molar-refractivity contribution in [2.24, 2.45) is 9.98 Å². The minimum absolute atomic E-state index is 0.312. The van der Waals surface area contributed by atoms with Crippen molar-refractivity contribution in [1.29, 1.82) is 0 Å². The first-order chi connectivity index (χ1) is 25.3. The Kier molecular flexibility index (Phi) is 6.24. The molecule has 0 bridgehead atoms. The highest BCUT2D eigenvalue weighted by atomic mass is 32.1. The maximum atomic E-state index is 6.69. The lowest BCUT2D eigenvalue weighted by Gasteiger charge is -2.23. The molecule has 242 valence electrons. The summed E-state index contributed by atoms with van der Waals surface area (Å²) in [6, 6.07) is 47.1. The number of aryl methyl sites for hydroxylation is 1. The van der Waals surface area contributed by atoms with E-state index in [1.807, 2.05) is 29.5 Å². The Morgan fingerprint density at radius 2 is 1.49 bits per heavy atom. The van der Waals surface area contributed by atoms with Gasteiger partial charge in [0.15, 0.2) is 5.84 Å². The molecule has 0 spiro atoms. The van der Waals surface area contributed by atoms with E-state index >= 15 is 0 Å². The highest BCUT2D eigenvalue weighted by Gasteiger charge is 2.25. The molecule has 0 radical (unpaired) electrons. The van der Waals surface area contributed by atoms with E-state index in [2.05, 4.69) is 137 Å². The molecule has 3 aromatic heterocycles. The van der Waals surface area contributed by atoms with Crippen molar-refractivity contribution in [3.05, 3.63) is 167 Å². The third kappa shape index (κ3) is 4.46. The number of benzene rings is 6. The van der Waals surface area contributed by atoms with Crippen LogP contribution in [0.3, 0.4) is 0 Å². The fourth-order valence-electron chi connectivity index (χ4n) is 7.92. The van der Waals surface area contributed by atoms with Crippen LogP contribution >= 0.6 is 11.3 Å². The Balaban J connectivity index is 1.07. The summed E-state index contributed by atoms with van der Waals surface area (Å²) in [5.41, 5.74) is 9.45. The SMILES string of the molecule is C1=Cc2c(sc3cc(C4N=C(c5cccc6c5oc5ccc(-n7c8ccccc8c8ccccc87)cc56)N=C(c5ccccc5)N4)ccc23)CC1. The molecule has 11 rings (SSSR count). The Hall–Kier alpha value is -6.24. The number of nitrogens with zero attached hydrogens (tertiary/aromatic N) is 3. The average Bonchev–Trinajstić information content (AvgIpc) is 3.87. The smallest absolute Gasteiger partial charge is 0.163 e. The van der Waals surface area contributed by atoms with Gasteiger partial charge in [0, 0.05) is 42.4 Å². The number of fused-ring (bicyclic) bond motifs is 9. The summed E-state index contributed by atoms with van der Waals surface area (Å²) in [5, 5.41) is 9.56. The molecule has 1 aliphatic heterocycles. The first-order valence-corrected chi connectivity index (χ1v) is 18.2. The van der Waals surface area contributed by atoms with Crippen molar-refractivity contribution in [3.63, 3.8) is 0 Å². The Morgan fingerprint density at radius 3 is 2.33 bits per heavy atom. The van der Waals surface area contributed by atoms with E-state index in [-0.39, 0.29) is 6.17 Å². The number of hydrogen-bond acceptors (Lipinski definition) is 5. The van der Waals surface area contributed by atoms with Crippen molar-refractivity contribution >= 4 is 82.9 Å². The molecule has 1 aliphatic carbocycles. The Labute approximate surface area is 297 Å². The van der Waals surface area contributed by atoms with Gasteiger partial charge in [-0.05, 0) is 71.8 Å². The Bertz CT molecular complexity index is 2910. The zero-order chi connectivity index (χ0) is 33.5. The maximum Gasteiger partial charge on any atom is 0.163 e. The van der Waals surface area contributed by atoms with Crippen LogP contribution in [-0.2, 0) is 6.42 Å². The minimum Gasteiger partial charge on any atom is -0.455 e. The first kappa shape index (κ1) is 28.6. The van der Waals surface area contributed by atoms with E-state index in [4.69, 9.17) is 14.4 Å². The zero-order valence-electron chi connectivity index (χ0n) is 27.5. The lowest BCUT2D eigenvalue weighted by atomic mass is 10.0. The molecule has 0 saturated carbocycles. The van der Waals surface area contributed by atoms with Gasteiger partial charge in [0.05, 0.1) is 16.6 Å². The number of para-hydroxylation sites is 3. The average molecular weight is 675 g/mol. The van der Waals surface area contributed by atoms with Crippen LogP contribution in [0.4, 0.5) is 0 Å². The standard InChI is InChI=1S/C45H30N4OS/c1-2-11-27(12-3-1)43-46-44(28-21-23-33-32-15-6-9-20-40(32)51-41(33)25-28)48-45(47-43)35-17-10-16-34-36-26-29(22-24-39(36)50-42(34)35)49-37-18-7-4-13-30(37)31-14-5-8-19-38(31)49/h1-8,10-19,21-26,44H,9,20H2,(H,46,47,48). The van der Waals surface area contributed by atoms with Crippen LogP contribution in [-0.4, -0.2) is 16.2 Å². The van der Waals surface area contributed by atoms with Crippen LogP contribution in [0.5, 0.6) is 0 Å². The summed E-state index contributed by atoms with van der Waals surface area (Å²) in [6.45, 7) is 0. The summed E-state index contributed by atoms with van der Waals surface area (Å²) in [5.74, 6) is 1.44. The number of hydrogen-bond donors (Lipinski definition) is 1. The molecule has 1 unspecified atom stereocenters. The van der Waals surface area contributed by atoms with Gasteiger partial charge in [0.25, 0.3) is 0 Å². The summed E-state index contributed by atoms with van der Waals surface area (Å²) < 4.78 is 10.3. The molecule has 1 N–H and O–H groups in total. The number of thiophene rings is 1. The second-order valence-corrected chi connectivity index (χ2v) is 14.4. The summed E-state index contributed by atoms with van der Waals surface area (Å²) in [7, 11) is 0. The van der Waals surface area contributed by atoms with Crippen LogP contribution in [0.2, 0.25) is 0 Å². The molecule has 6 heteroatoms. The van der Waals surface area contributed by atoms with E-state index in [1.54, 1.807) is 0 Å². The molecule has 0 fully saturated rings. The number of nitrogens with one attached hydrogen (secondary N) is 1. The van der Waals surface area contributed by atoms with Crippen LogP contribution in [0.1, 0.15) is 39.7 Å². The fraction of sp³-hybridized carbons (Fsp3) is 0.0667. The van der Waals surface area contributed by atoms with Gasteiger partial charge in [0.2, 0.25) is 0 Å². The lowest BCUT2D eigenvalue weighted by Crippen LogP contribution is -2.33. The third-order valence-corrected chi connectivity index (χ3v) is 11.5. The van der Waals surface area contributed by atoms with Crippen LogP contribution in [0.15, 0.2) is 154 Å². The highest BCUT2D eigenvalue weighted by molar-refractivity contribution is 7.19. The maximum absolute atomic E-state index is 6.69. The Morgan fingerprint density at radius 1 is 0.706 bits per heavy atom. The van der Waals surface area contributed by atoms with Gasteiger partial charge in [-0.2, -0.15) is 0 Å². The molecular formula is C45H30N4OS. The van der Waals surface area contributed by atoms with Crippen LogP contribution < -0.4 is 5.32 Å². The molecule has 5 nitrogen and oxygen atoms in total. The number of rotatable bonds is 4. The monoisotopic (exact) mass is 674 g/mol. The van der Waals surface area contributed by atoms with Crippen molar-refractivity contribution in [1.82, 2.24) is 9.88 Å². The van der Waals surface area contributed by atoms with Crippen molar-refractivity contribution < 1.29 is 4.42 Å². The molecule has 51 heavy (non-hydrogen) atoms. The number of aromatic nitrogens is 1. The van der Waals surface area contributed by atoms with Gasteiger partial charge in [-0.1, -0.05) is 103 Å².